The Morgan fingerprint density at radius 1 is 1.28 bits per heavy atom. The summed E-state index contributed by atoms with van der Waals surface area (Å²) in [5.74, 6) is 2.95. The number of aromatic amines is 1. The maximum atomic E-state index is 11.5. The van der Waals surface area contributed by atoms with E-state index in [1.54, 1.807) is 0 Å². The van der Waals surface area contributed by atoms with Gasteiger partial charge in [0, 0.05) is 17.4 Å². The lowest BCUT2D eigenvalue weighted by Crippen LogP contribution is -2.45. The normalized spacial score (nSPS) is 22.4. The predicted molar refractivity (Wildman–Crippen MR) is 115 cm³/mol. The molecule has 1 aliphatic carbocycles. The minimum Gasteiger partial charge on any atom is -0.507 e. The summed E-state index contributed by atoms with van der Waals surface area (Å²) in [6.07, 6.45) is 8.76. The number of phenolic OH excluding ortho intramolecular Hbond substituents is 1. The van der Waals surface area contributed by atoms with Crippen molar-refractivity contribution >= 4 is 0 Å². The van der Waals surface area contributed by atoms with Crippen LogP contribution >= 0.6 is 0 Å². The monoisotopic (exact) mass is 395 g/mol. The third-order valence-electron chi connectivity index (χ3n) is 6.60. The van der Waals surface area contributed by atoms with E-state index in [-0.39, 0.29) is 11.5 Å². The number of phenols is 1. The number of aromatic hydroxyl groups is 1. The molecule has 1 aliphatic heterocycles. The summed E-state index contributed by atoms with van der Waals surface area (Å²) in [4.78, 5) is 4.54. The molecule has 4 rings (SSSR count). The van der Waals surface area contributed by atoms with Crippen LogP contribution in [-0.4, -0.2) is 25.9 Å². The molecule has 1 aromatic carbocycles. The Labute approximate surface area is 173 Å². The van der Waals surface area contributed by atoms with Gasteiger partial charge in [-0.25, -0.2) is 4.98 Å². The number of fused-ring (bicyclic) bond motifs is 3. The maximum absolute atomic E-state index is 11.5. The number of rotatable bonds is 5. The second-order valence-electron chi connectivity index (χ2n) is 9.26. The number of hydrogen-bond acceptors (Lipinski definition) is 4. The molecule has 2 aliphatic rings. The van der Waals surface area contributed by atoms with Crippen LogP contribution in [0.5, 0.6) is 11.5 Å². The van der Waals surface area contributed by atoms with Gasteiger partial charge in [-0.1, -0.05) is 31.4 Å². The quantitative estimate of drug-likeness (QED) is 0.493. The largest absolute Gasteiger partial charge is 0.507 e. The van der Waals surface area contributed by atoms with Crippen molar-refractivity contribution in [2.75, 3.05) is 0 Å². The highest BCUT2D eigenvalue weighted by Crippen LogP contribution is 2.55. The zero-order valence-corrected chi connectivity index (χ0v) is 18.3. The molecular formula is C24H33N3O2. The summed E-state index contributed by atoms with van der Waals surface area (Å²) in [6.45, 7) is 10.6. The van der Waals surface area contributed by atoms with Gasteiger partial charge in [-0.2, -0.15) is 5.10 Å². The van der Waals surface area contributed by atoms with Crippen LogP contribution in [0, 0.1) is 12.8 Å². The Morgan fingerprint density at radius 2 is 2.07 bits per heavy atom. The van der Waals surface area contributed by atoms with Crippen LogP contribution < -0.4 is 4.74 Å². The van der Waals surface area contributed by atoms with Gasteiger partial charge in [0.1, 0.15) is 22.9 Å². The number of hydrogen-bond donors (Lipinski definition) is 2. The first kappa shape index (κ1) is 20.0. The van der Waals surface area contributed by atoms with Gasteiger partial charge in [-0.15, -0.1) is 0 Å². The van der Waals surface area contributed by atoms with Crippen molar-refractivity contribution in [3.63, 3.8) is 0 Å². The molecule has 156 valence electrons. The first-order valence-electron chi connectivity index (χ1n) is 11.0. The molecule has 29 heavy (non-hydrogen) atoms. The van der Waals surface area contributed by atoms with Crippen molar-refractivity contribution < 1.29 is 9.84 Å². The summed E-state index contributed by atoms with van der Waals surface area (Å²) in [6, 6.07) is 2.14. The van der Waals surface area contributed by atoms with Crippen molar-refractivity contribution in [3.8, 4) is 22.9 Å². The molecule has 0 saturated carbocycles. The molecule has 1 aromatic heterocycles. The van der Waals surface area contributed by atoms with E-state index in [4.69, 9.17) is 4.74 Å². The van der Waals surface area contributed by atoms with Crippen LogP contribution in [0.25, 0.3) is 11.4 Å². The fourth-order valence-corrected chi connectivity index (χ4v) is 5.08. The zero-order valence-electron chi connectivity index (χ0n) is 18.3. The van der Waals surface area contributed by atoms with Gasteiger partial charge in [-0.3, -0.25) is 5.10 Å². The maximum Gasteiger partial charge on any atom is 0.185 e. The Balaban J connectivity index is 1.90. The van der Waals surface area contributed by atoms with Crippen molar-refractivity contribution in [3.05, 3.63) is 34.7 Å². The fraction of sp³-hybridized carbons (Fsp3) is 0.583. The second-order valence-corrected chi connectivity index (χ2v) is 9.26. The third kappa shape index (κ3) is 3.56. The van der Waals surface area contributed by atoms with Crippen LogP contribution in [0.15, 0.2) is 17.7 Å². The lowest BCUT2D eigenvalue weighted by atomic mass is 9.67. The molecular weight excluding hydrogens is 362 g/mol. The minimum absolute atomic E-state index is 0.158. The third-order valence-corrected chi connectivity index (χ3v) is 6.60. The van der Waals surface area contributed by atoms with Gasteiger partial charge in [-0.05, 0) is 65.0 Å². The fourth-order valence-electron chi connectivity index (χ4n) is 5.08. The van der Waals surface area contributed by atoms with E-state index >= 15 is 0 Å². The molecule has 2 N–H and O–H groups in total. The number of aromatic nitrogens is 3. The van der Waals surface area contributed by atoms with E-state index in [2.05, 4.69) is 55.0 Å². The zero-order chi connectivity index (χ0) is 20.8. The molecule has 0 amide bonds. The number of nitrogens with zero attached hydrogens (tertiary/aromatic N) is 2. The molecule has 5 heteroatoms. The molecule has 2 heterocycles. The summed E-state index contributed by atoms with van der Waals surface area (Å²) in [5, 5.41) is 18.8. The average molecular weight is 396 g/mol. The molecule has 0 bridgehead atoms. The number of unbranched alkanes of at least 4 members (excludes halogenated alkanes) is 2. The van der Waals surface area contributed by atoms with Gasteiger partial charge in [0.2, 0.25) is 0 Å². The lowest BCUT2D eigenvalue weighted by Gasteiger charge is -2.46. The van der Waals surface area contributed by atoms with Crippen LogP contribution in [0.3, 0.4) is 0 Å². The van der Waals surface area contributed by atoms with Crippen LogP contribution in [0.1, 0.15) is 82.7 Å². The number of H-pyrrole nitrogens is 1. The molecule has 2 atom stereocenters. The average Bonchev–Trinajstić information content (AvgIpc) is 3.06. The first-order chi connectivity index (χ1) is 13.8. The van der Waals surface area contributed by atoms with Crippen molar-refractivity contribution in [2.45, 2.75) is 84.7 Å². The minimum atomic E-state index is -0.259. The van der Waals surface area contributed by atoms with E-state index in [0.29, 0.717) is 17.5 Å². The first-order valence-corrected chi connectivity index (χ1v) is 11.0. The molecule has 5 nitrogen and oxygen atoms in total. The van der Waals surface area contributed by atoms with Crippen LogP contribution in [0.4, 0.5) is 0 Å². The van der Waals surface area contributed by atoms with Crippen LogP contribution in [0.2, 0.25) is 0 Å². The van der Waals surface area contributed by atoms with E-state index in [1.807, 2.05) is 6.92 Å². The second kappa shape index (κ2) is 7.51. The SMILES string of the molecule is CCCCCc1cc2c(c(O)c1-c1n[nH]c(C)n1)C1C=C(C)CCC1C(C)(C)O2. The Bertz CT molecular complexity index is 942. The highest BCUT2D eigenvalue weighted by molar-refractivity contribution is 5.74. The number of ether oxygens (including phenoxy) is 1. The summed E-state index contributed by atoms with van der Waals surface area (Å²) >= 11 is 0. The van der Waals surface area contributed by atoms with Gasteiger partial charge >= 0.3 is 0 Å². The van der Waals surface area contributed by atoms with Gasteiger partial charge in [0.15, 0.2) is 5.82 Å². The molecule has 2 unspecified atom stereocenters. The molecule has 0 radical (unpaired) electrons. The molecule has 0 saturated heterocycles. The highest BCUT2D eigenvalue weighted by Gasteiger charge is 2.46. The highest BCUT2D eigenvalue weighted by atomic mass is 16.5. The standard InChI is InChI=1S/C24H33N3O2/c1-6-7-8-9-16-13-19-21(22(28)20(16)23-25-15(3)26-27-23)17-12-14(2)10-11-18(17)24(4,5)29-19/h12-13,17-18,28H,6-11H2,1-5H3,(H,25,26,27). The van der Waals surface area contributed by atoms with Crippen molar-refractivity contribution in [1.29, 1.82) is 0 Å². The van der Waals surface area contributed by atoms with E-state index in [0.717, 1.165) is 66.8 Å². The summed E-state index contributed by atoms with van der Waals surface area (Å²) in [5.41, 5.74) is 3.87. The van der Waals surface area contributed by atoms with Gasteiger partial charge in [0.25, 0.3) is 0 Å². The Kier molecular flexibility index (Phi) is 5.18. The number of nitrogens with one attached hydrogen (secondary N) is 1. The van der Waals surface area contributed by atoms with Gasteiger partial charge < -0.3 is 9.84 Å². The Hall–Kier alpha value is -2.30. The van der Waals surface area contributed by atoms with E-state index in [1.165, 1.54) is 5.57 Å². The smallest absolute Gasteiger partial charge is 0.185 e. The Morgan fingerprint density at radius 3 is 2.76 bits per heavy atom. The van der Waals surface area contributed by atoms with E-state index in [9.17, 15) is 5.11 Å². The molecule has 0 fully saturated rings. The predicted octanol–water partition coefficient (Wildman–Crippen LogP) is 5.83. The lowest BCUT2D eigenvalue weighted by molar-refractivity contribution is 0.0108. The topological polar surface area (TPSA) is 71.0 Å². The summed E-state index contributed by atoms with van der Waals surface area (Å²) < 4.78 is 6.51. The number of benzene rings is 1. The van der Waals surface area contributed by atoms with Crippen molar-refractivity contribution in [2.24, 2.45) is 5.92 Å². The molecule has 2 aromatic rings. The van der Waals surface area contributed by atoms with Gasteiger partial charge in [0.05, 0.1) is 5.56 Å². The van der Waals surface area contributed by atoms with E-state index < -0.39 is 0 Å². The summed E-state index contributed by atoms with van der Waals surface area (Å²) in [7, 11) is 0. The number of allylic oxidation sites excluding steroid dienone is 2. The van der Waals surface area contributed by atoms with Crippen molar-refractivity contribution in [1.82, 2.24) is 15.2 Å². The number of aryl methyl sites for hydroxylation is 2. The van der Waals surface area contributed by atoms with Crippen LogP contribution in [-0.2, 0) is 6.42 Å². The molecule has 0 spiro atoms.